The third-order valence-electron chi connectivity index (χ3n) is 4.35. The monoisotopic (exact) mass is 320 g/mol. The molecule has 0 bridgehead atoms. The number of benzene rings is 2. The predicted octanol–water partition coefficient (Wildman–Crippen LogP) is 4.29. The first-order valence-corrected chi connectivity index (χ1v) is 8.12. The summed E-state index contributed by atoms with van der Waals surface area (Å²) in [4.78, 5) is 27.1. The van der Waals surface area contributed by atoms with E-state index in [1.807, 2.05) is 42.5 Å². The first kappa shape index (κ1) is 16.0. The van der Waals surface area contributed by atoms with Crippen molar-refractivity contribution in [2.24, 2.45) is 0 Å². The van der Waals surface area contributed by atoms with Gasteiger partial charge in [0.2, 0.25) is 5.56 Å². The van der Waals surface area contributed by atoms with Gasteiger partial charge < -0.3 is 10.3 Å². The zero-order valence-corrected chi connectivity index (χ0v) is 13.8. The van der Waals surface area contributed by atoms with E-state index in [2.05, 4.69) is 24.1 Å². The highest BCUT2D eigenvalue weighted by molar-refractivity contribution is 6.12. The Morgan fingerprint density at radius 2 is 1.83 bits per heavy atom. The second-order valence-corrected chi connectivity index (χ2v) is 5.98. The summed E-state index contributed by atoms with van der Waals surface area (Å²) in [7, 11) is 0. The molecule has 0 aliphatic carbocycles. The predicted molar refractivity (Wildman–Crippen MR) is 97.7 cm³/mol. The number of pyridine rings is 1. The molecule has 1 amide bonds. The van der Waals surface area contributed by atoms with Crippen LogP contribution in [-0.4, -0.2) is 10.9 Å². The van der Waals surface area contributed by atoms with Crippen molar-refractivity contribution in [3.63, 3.8) is 0 Å². The van der Waals surface area contributed by atoms with Crippen LogP contribution in [0.5, 0.6) is 0 Å². The lowest BCUT2D eigenvalue weighted by atomic mass is 9.98. The summed E-state index contributed by atoms with van der Waals surface area (Å²) in [6.07, 6.45) is 1.07. The number of hydrogen-bond acceptors (Lipinski definition) is 2. The average Bonchev–Trinajstić information content (AvgIpc) is 2.60. The van der Waals surface area contributed by atoms with Crippen molar-refractivity contribution in [2.75, 3.05) is 5.32 Å². The minimum Gasteiger partial charge on any atom is -0.322 e. The van der Waals surface area contributed by atoms with Gasteiger partial charge in [-0.2, -0.15) is 0 Å². The fraction of sp³-hybridized carbons (Fsp3) is 0.200. The van der Waals surface area contributed by atoms with Crippen LogP contribution in [-0.2, 0) is 0 Å². The number of rotatable bonds is 4. The molecule has 4 heteroatoms. The average molecular weight is 320 g/mol. The van der Waals surface area contributed by atoms with Gasteiger partial charge in [-0.15, -0.1) is 0 Å². The summed E-state index contributed by atoms with van der Waals surface area (Å²) in [6, 6.07) is 16.5. The van der Waals surface area contributed by atoms with E-state index in [1.165, 1.54) is 11.6 Å². The van der Waals surface area contributed by atoms with Gasteiger partial charge >= 0.3 is 0 Å². The number of carbonyl (C=O) groups excluding carboxylic acids is 1. The fourth-order valence-corrected chi connectivity index (χ4v) is 2.72. The molecule has 2 aromatic carbocycles. The second-order valence-electron chi connectivity index (χ2n) is 5.98. The highest BCUT2D eigenvalue weighted by Crippen LogP contribution is 2.21. The maximum absolute atomic E-state index is 12.6. The van der Waals surface area contributed by atoms with Gasteiger partial charge in [0.05, 0.1) is 5.56 Å². The molecule has 1 heterocycles. The number of nitrogens with one attached hydrogen (secondary N) is 2. The summed E-state index contributed by atoms with van der Waals surface area (Å²) in [5.74, 6) is 0.208. The van der Waals surface area contributed by atoms with Crippen molar-refractivity contribution in [1.82, 2.24) is 4.98 Å². The molecule has 0 fully saturated rings. The van der Waals surface area contributed by atoms with Gasteiger partial charge in [0.15, 0.2) is 0 Å². The topological polar surface area (TPSA) is 62.0 Å². The van der Waals surface area contributed by atoms with Crippen LogP contribution in [0.4, 0.5) is 5.69 Å². The molecule has 0 radical (unpaired) electrons. The van der Waals surface area contributed by atoms with Crippen LogP contribution in [0.2, 0.25) is 0 Å². The molecule has 0 spiro atoms. The first-order chi connectivity index (χ1) is 11.6. The Bertz CT molecular complexity index is 926. The molecule has 3 aromatic rings. The summed E-state index contributed by atoms with van der Waals surface area (Å²) in [5, 5.41) is 3.60. The Morgan fingerprint density at radius 3 is 2.54 bits per heavy atom. The third-order valence-corrected chi connectivity index (χ3v) is 4.35. The number of anilines is 1. The highest BCUT2D eigenvalue weighted by Gasteiger charge is 2.12. The van der Waals surface area contributed by atoms with Gasteiger partial charge in [-0.05, 0) is 36.1 Å². The van der Waals surface area contributed by atoms with E-state index in [-0.39, 0.29) is 11.5 Å². The van der Waals surface area contributed by atoms with E-state index in [1.54, 1.807) is 6.07 Å². The maximum atomic E-state index is 12.6. The molecule has 0 saturated heterocycles. The van der Waals surface area contributed by atoms with Crippen molar-refractivity contribution >= 4 is 22.5 Å². The smallest absolute Gasteiger partial charge is 0.256 e. The number of carbonyl (C=O) groups is 1. The number of H-pyrrole nitrogens is 1. The number of para-hydroxylation sites is 1. The first-order valence-electron chi connectivity index (χ1n) is 8.12. The summed E-state index contributed by atoms with van der Waals surface area (Å²) in [6.45, 7) is 4.33. The van der Waals surface area contributed by atoms with E-state index in [4.69, 9.17) is 0 Å². The zero-order chi connectivity index (χ0) is 17.1. The SMILES string of the molecule is CC[C@@H](C)c1ccc(NC(=O)c2cc(=O)[nH]c3ccccc23)cc1. The van der Waals surface area contributed by atoms with Gasteiger partial charge in [-0.25, -0.2) is 0 Å². The summed E-state index contributed by atoms with van der Waals surface area (Å²) in [5.41, 5.74) is 2.71. The van der Waals surface area contributed by atoms with Gasteiger partial charge in [0, 0.05) is 22.7 Å². The van der Waals surface area contributed by atoms with E-state index in [0.29, 0.717) is 17.0 Å². The summed E-state index contributed by atoms with van der Waals surface area (Å²) >= 11 is 0. The van der Waals surface area contributed by atoms with Crippen molar-refractivity contribution in [3.05, 3.63) is 76.1 Å². The van der Waals surface area contributed by atoms with Gasteiger partial charge in [-0.3, -0.25) is 9.59 Å². The summed E-state index contributed by atoms with van der Waals surface area (Å²) < 4.78 is 0. The van der Waals surface area contributed by atoms with Crippen molar-refractivity contribution in [1.29, 1.82) is 0 Å². The number of hydrogen-bond donors (Lipinski definition) is 2. The quantitative estimate of drug-likeness (QED) is 0.753. The fourth-order valence-electron chi connectivity index (χ4n) is 2.72. The molecule has 1 aromatic heterocycles. The molecule has 24 heavy (non-hydrogen) atoms. The van der Waals surface area contributed by atoms with Crippen LogP contribution in [0.25, 0.3) is 10.9 Å². The minimum atomic E-state index is -0.286. The number of fused-ring (bicyclic) bond motifs is 1. The Morgan fingerprint density at radius 1 is 1.12 bits per heavy atom. The standard InChI is InChI=1S/C20H20N2O2/c1-3-13(2)14-8-10-15(11-9-14)21-20(24)17-12-19(23)22-18-7-5-4-6-16(17)18/h4-13H,3H2,1-2H3,(H,21,24)(H,22,23)/t13-/m1/s1. The Kier molecular flexibility index (Phi) is 4.47. The van der Waals surface area contributed by atoms with Crippen LogP contribution >= 0.6 is 0 Å². The second kappa shape index (κ2) is 6.71. The molecule has 1 atom stereocenters. The van der Waals surface area contributed by atoms with Crippen molar-refractivity contribution < 1.29 is 4.79 Å². The molecule has 3 rings (SSSR count). The molecule has 2 N–H and O–H groups in total. The maximum Gasteiger partial charge on any atom is 0.256 e. The molecule has 0 unspecified atom stereocenters. The van der Waals surface area contributed by atoms with Crippen LogP contribution in [0, 0.1) is 0 Å². The minimum absolute atomic E-state index is 0.284. The van der Waals surface area contributed by atoms with Crippen LogP contribution < -0.4 is 10.9 Å². The van der Waals surface area contributed by atoms with E-state index in [0.717, 1.165) is 17.5 Å². The van der Waals surface area contributed by atoms with E-state index in [9.17, 15) is 9.59 Å². The molecular formula is C20H20N2O2. The number of aromatic nitrogens is 1. The molecule has 4 nitrogen and oxygen atoms in total. The molecule has 0 aliphatic heterocycles. The molecule has 0 aliphatic rings. The van der Waals surface area contributed by atoms with E-state index < -0.39 is 0 Å². The van der Waals surface area contributed by atoms with Gasteiger partial charge in [-0.1, -0.05) is 44.2 Å². The lowest BCUT2D eigenvalue weighted by Gasteiger charge is -2.11. The molecular weight excluding hydrogens is 300 g/mol. The van der Waals surface area contributed by atoms with Gasteiger partial charge in [0.1, 0.15) is 0 Å². The Balaban J connectivity index is 1.89. The third kappa shape index (κ3) is 3.23. The Labute approximate surface area is 140 Å². The zero-order valence-electron chi connectivity index (χ0n) is 13.8. The highest BCUT2D eigenvalue weighted by atomic mass is 16.2. The molecule has 122 valence electrons. The van der Waals surface area contributed by atoms with Gasteiger partial charge in [0.25, 0.3) is 5.91 Å². The lowest BCUT2D eigenvalue weighted by molar-refractivity contribution is 0.102. The Hall–Kier alpha value is -2.88. The lowest BCUT2D eigenvalue weighted by Crippen LogP contribution is -2.16. The van der Waals surface area contributed by atoms with Crippen LogP contribution in [0.3, 0.4) is 0 Å². The largest absolute Gasteiger partial charge is 0.322 e. The van der Waals surface area contributed by atoms with E-state index >= 15 is 0 Å². The van der Waals surface area contributed by atoms with Crippen molar-refractivity contribution in [2.45, 2.75) is 26.2 Å². The van der Waals surface area contributed by atoms with Crippen LogP contribution in [0.1, 0.15) is 42.1 Å². The normalized spacial score (nSPS) is 12.1. The number of aromatic amines is 1. The number of amides is 1. The van der Waals surface area contributed by atoms with Crippen molar-refractivity contribution in [3.8, 4) is 0 Å². The van der Waals surface area contributed by atoms with Crippen LogP contribution in [0.15, 0.2) is 59.4 Å². The molecule has 0 saturated carbocycles.